The minimum Gasteiger partial charge on any atom is -0.399 e. The lowest BCUT2D eigenvalue weighted by Crippen LogP contribution is -2.32. The Morgan fingerprint density at radius 1 is 1.50 bits per heavy atom. The van der Waals surface area contributed by atoms with Gasteiger partial charge in [-0.2, -0.15) is 0 Å². The number of rotatable bonds is 4. The van der Waals surface area contributed by atoms with Crippen LogP contribution >= 0.6 is 0 Å². The highest BCUT2D eigenvalue weighted by atomic mass is 32.2. The third-order valence-corrected chi connectivity index (χ3v) is 5.02. The minimum atomic E-state index is -3.91. The number of hydrogen-bond donors (Lipinski definition) is 2. The summed E-state index contributed by atoms with van der Waals surface area (Å²) in [7, 11) is -3.91. The number of benzene rings is 1. The number of halogens is 1. The first-order valence-corrected chi connectivity index (χ1v) is 7.96. The summed E-state index contributed by atoms with van der Waals surface area (Å²) in [5.41, 5.74) is 6.02. The number of sulfonamides is 1. The molecule has 1 heterocycles. The number of nitrogens with two attached hydrogens (primary N) is 1. The van der Waals surface area contributed by atoms with E-state index >= 15 is 0 Å². The summed E-state index contributed by atoms with van der Waals surface area (Å²) in [4.78, 5) is -0.401. The average Bonchev–Trinajstić information content (AvgIpc) is 2.77. The Balaban J connectivity index is 2.18. The molecule has 2 unspecified atom stereocenters. The van der Waals surface area contributed by atoms with E-state index < -0.39 is 20.7 Å². The number of nitrogens with one attached hydrogen (secondary N) is 1. The number of aryl methyl sites for hydroxylation is 1. The molecule has 3 N–H and O–H groups in total. The van der Waals surface area contributed by atoms with E-state index in [2.05, 4.69) is 4.72 Å². The Morgan fingerprint density at radius 3 is 2.80 bits per heavy atom. The molecule has 2 rings (SSSR count). The van der Waals surface area contributed by atoms with Gasteiger partial charge in [0.15, 0.2) is 0 Å². The van der Waals surface area contributed by atoms with Crippen molar-refractivity contribution in [2.24, 2.45) is 5.92 Å². The summed E-state index contributed by atoms with van der Waals surface area (Å²) >= 11 is 0. The minimum absolute atomic E-state index is 0.00475. The lowest BCUT2D eigenvalue weighted by Gasteiger charge is -2.15. The fraction of sp³-hybridized carbons (Fsp3) is 0.538. The summed E-state index contributed by atoms with van der Waals surface area (Å²) in [6.45, 7) is 4.24. The van der Waals surface area contributed by atoms with Crippen molar-refractivity contribution in [3.8, 4) is 0 Å². The highest BCUT2D eigenvalue weighted by Crippen LogP contribution is 2.23. The van der Waals surface area contributed by atoms with Crippen LogP contribution in [0.5, 0.6) is 0 Å². The van der Waals surface area contributed by atoms with Gasteiger partial charge in [-0.05, 0) is 38.0 Å². The van der Waals surface area contributed by atoms with Gasteiger partial charge in [-0.3, -0.25) is 0 Å². The summed E-state index contributed by atoms with van der Waals surface area (Å²) in [5.74, 6) is -0.655. The van der Waals surface area contributed by atoms with E-state index in [1.165, 1.54) is 13.0 Å². The van der Waals surface area contributed by atoms with Crippen molar-refractivity contribution in [2.75, 3.05) is 18.9 Å². The molecule has 0 amide bonds. The monoisotopic (exact) mass is 302 g/mol. The second kappa shape index (κ2) is 5.67. The van der Waals surface area contributed by atoms with Crippen LogP contribution in [0.15, 0.2) is 17.0 Å². The summed E-state index contributed by atoms with van der Waals surface area (Å²) < 4.78 is 46.1. The van der Waals surface area contributed by atoms with Crippen LogP contribution in [-0.2, 0) is 14.8 Å². The third-order valence-electron chi connectivity index (χ3n) is 3.60. The number of anilines is 1. The highest BCUT2D eigenvalue weighted by molar-refractivity contribution is 7.89. The molecule has 7 heteroatoms. The van der Waals surface area contributed by atoms with Gasteiger partial charge in [0, 0.05) is 24.8 Å². The van der Waals surface area contributed by atoms with Gasteiger partial charge in [0.05, 0.1) is 6.10 Å². The maximum Gasteiger partial charge on any atom is 0.243 e. The van der Waals surface area contributed by atoms with Crippen molar-refractivity contribution < 1.29 is 17.5 Å². The third kappa shape index (κ3) is 3.11. The van der Waals surface area contributed by atoms with Gasteiger partial charge >= 0.3 is 0 Å². The standard InChI is InChI=1S/C13H19FN2O3S/c1-8-5-11(15)6-12(13(8)14)20(17,18)16-7-10-3-4-19-9(10)2/h5-6,9-10,16H,3-4,7,15H2,1-2H3. The number of hydrogen-bond acceptors (Lipinski definition) is 4. The molecule has 1 aromatic rings. The van der Waals surface area contributed by atoms with E-state index in [0.29, 0.717) is 6.61 Å². The van der Waals surface area contributed by atoms with E-state index in [4.69, 9.17) is 10.5 Å². The average molecular weight is 302 g/mol. The molecule has 20 heavy (non-hydrogen) atoms. The fourth-order valence-electron chi connectivity index (χ4n) is 2.30. The molecule has 0 radical (unpaired) electrons. The Labute approximate surface area is 118 Å². The smallest absolute Gasteiger partial charge is 0.243 e. The molecular formula is C13H19FN2O3S. The van der Waals surface area contributed by atoms with Crippen molar-refractivity contribution in [1.29, 1.82) is 0 Å². The first kappa shape index (κ1) is 15.2. The van der Waals surface area contributed by atoms with Crippen LogP contribution in [0.2, 0.25) is 0 Å². The maximum atomic E-state index is 14.0. The highest BCUT2D eigenvalue weighted by Gasteiger charge is 2.27. The van der Waals surface area contributed by atoms with Crippen LogP contribution in [0.1, 0.15) is 18.9 Å². The van der Waals surface area contributed by atoms with Crippen LogP contribution in [0, 0.1) is 18.7 Å². The van der Waals surface area contributed by atoms with E-state index in [0.717, 1.165) is 12.5 Å². The van der Waals surface area contributed by atoms with Crippen LogP contribution in [-0.4, -0.2) is 27.7 Å². The van der Waals surface area contributed by atoms with Gasteiger partial charge in [0.25, 0.3) is 0 Å². The number of nitrogen functional groups attached to an aromatic ring is 1. The van der Waals surface area contributed by atoms with Gasteiger partial charge in [0.2, 0.25) is 10.0 Å². The molecule has 1 aliphatic rings. The molecule has 5 nitrogen and oxygen atoms in total. The summed E-state index contributed by atoms with van der Waals surface area (Å²) in [6, 6.07) is 2.54. The maximum absolute atomic E-state index is 14.0. The van der Waals surface area contributed by atoms with Gasteiger partial charge < -0.3 is 10.5 Å². The van der Waals surface area contributed by atoms with Crippen LogP contribution in [0.25, 0.3) is 0 Å². The normalized spacial score (nSPS) is 23.1. The Bertz CT molecular complexity index is 604. The molecule has 1 saturated heterocycles. The molecule has 0 aliphatic carbocycles. The summed E-state index contributed by atoms with van der Waals surface area (Å²) in [6.07, 6.45) is 0.799. The second-order valence-corrected chi connectivity index (χ2v) is 6.86. The molecule has 0 spiro atoms. The lowest BCUT2D eigenvalue weighted by molar-refractivity contribution is 0.107. The molecule has 2 atom stereocenters. The first-order chi connectivity index (χ1) is 9.31. The van der Waals surface area contributed by atoms with Crippen molar-refractivity contribution in [1.82, 2.24) is 4.72 Å². The van der Waals surface area contributed by atoms with Crippen LogP contribution < -0.4 is 10.5 Å². The Hall–Kier alpha value is -1.18. The van der Waals surface area contributed by atoms with Gasteiger partial charge in [-0.15, -0.1) is 0 Å². The molecule has 0 saturated carbocycles. The second-order valence-electron chi connectivity index (χ2n) is 5.13. The summed E-state index contributed by atoms with van der Waals surface area (Å²) in [5, 5.41) is 0. The Kier molecular flexibility index (Phi) is 4.31. The zero-order valence-electron chi connectivity index (χ0n) is 11.5. The zero-order valence-corrected chi connectivity index (χ0v) is 12.3. The quantitative estimate of drug-likeness (QED) is 0.824. The van der Waals surface area contributed by atoms with Crippen molar-refractivity contribution in [3.63, 3.8) is 0 Å². The molecule has 1 aromatic carbocycles. The zero-order chi connectivity index (χ0) is 14.9. The van der Waals surface area contributed by atoms with Crippen molar-refractivity contribution in [3.05, 3.63) is 23.5 Å². The van der Waals surface area contributed by atoms with Crippen molar-refractivity contribution >= 4 is 15.7 Å². The lowest BCUT2D eigenvalue weighted by atomic mass is 10.0. The molecular weight excluding hydrogens is 283 g/mol. The molecule has 1 fully saturated rings. The SMILES string of the molecule is Cc1cc(N)cc(S(=O)(=O)NCC2CCOC2C)c1F. The Morgan fingerprint density at radius 2 is 2.20 bits per heavy atom. The van der Waals surface area contributed by atoms with Gasteiger partial charge in [0.1, 0.15) is 10.7 Å². The first-order valence-electron chi connectivity index (χ1n) is 6.48. The van der Waals surface area contributed by atoms with Crippen LogP contribution in [0.3, 0.4) is 0 Å². The number of ether oxygens (including phenoxy) is 1. The molecule has 1 aliphatic heterocycles. The van der Waals surface area contributed by atoms with Crippen LogP contribution in [0.4, 0.5) is 10.1 Å². The molecule has 0 bridgehead atoms. The van der Waals surface area contributed by atoms with Gasteiger partial charge in [-0.1, -0.05) is 0 Å². The largest absolute Gasteiger partial charge is 0.399 e. The predicted octanol–water partition coefficient (Wildman–Crippen LogP) is 1.42. The van der Waals surface area contributed by atoms with Gasteiger partial charge in [-0.25, -0.2) is 17.5 Å². The molecule has 0 aromatic heterocycles. The van der Waals surface area contributed by atoms with E-state index in [1.807, 2.05) is 6.92 Å². The fourth-order valence-corrected chi connectivity index (χ4v) is 3.58. The van der Waals surface area contributed by atoms with Crippen molar-refractivity contribution in [2.45, 2.75) is 31.3 Å². The predicted molar refractivity (Wildman–Crippen MR) is 74.3 cm³/mol. The molecule has 112 valence electrons. The van der Waals surface area contributed by atoms with E-state index in [9.17, 15) is 12.8 Å². The van der Waals surface area contributed by atoms with E-state index in [1.54, 1.807) is 0 Å². The topological polar surface area (TPSA) is 81.4 Å². The van der Waals surface area contributed by atoms with E-state index in [-0.39, 0.29) is 29.8 Å².